The highest BCUT2D eigenvalue weighted by atomic mass is 32.2. The fraction of sp³-hybridized carbons (Fsp3) is 0.455. The summed E-state index contributed by atoms with van der Waals surface area (Å²) in [5.74, 6) is 0.266. The van der Waals surface area contributed by atoms with E-state index in [-0.39, 0.29) is 41.2 Å². The second kappa shape index (κ2) is 9.57. The Kier molecular flexibility index (Phi) is 7.60. The van der Waals surface area contributed by atoms with E-state index in [1.54, 1.807) is 0 Å². The largest absolute Gasteiger partial charge is 0.326 e. The molecule has 1 aromatic carbocycles. The van der Waals surface area contributed by atoms with E-state index in [0.29, 0.717) is 0 Å². The van der Waals surface area contributed by atoms with Crippen LogP contribution in [0.25, 0.3) is 0 Å². The molecule has 1 amide bonds. The summed E-state index contributed by atoms with van der Waals surface area (Å²) in [6, 6.07) is 8.50. The number of carbonyl (C=O) groups is 1. The minimum atomic E-state index is -3.66. The van der Waals surface area contributed by atoms with Gasteiger partial charge in [-0.15, -0.1) is 0 Å². The van der Waals surface area contributed by atoms with Crippen LogP contribution in [0.4, 0.5) is 5.69 Å². The number of amides is 1. The van der Waals surface area contributed by atoms with Crippen LogP contribution in [0.3, 0.4) is 0 Å². The molecule has 2 aromatic rings. The number of sulfonamides is 1. The van der Waals surface area contributed by atoms with Gasteiger partial charge in [0.15, 0.2) is 0 Å². The first-order valence-electron chi connectivity index (χ1n) is 10.0. The number of pyridine rings is 1. The van der Waals surface area contributed by atoms with E-state index in [4.69, 9.17) is 0 Å². The molecule has 0 spiro atoms. The molecule has 0 fully saturated rings. The van der Waals surface area contributed by atoms with Gasteiger partial charge in [-0.05, 0) is 29.0 Å². The number of para-hydroxylation sites is 1. The van der Waals surface area contributed by atoms with Crippen LogP contribution in [0.15, 0.2) is 46.2 Å². The molecule has 1 N–H and O–H groups in total. The van der Waals surface area contributed by atoms with Gasteiger partial charge in [0.2, 0.25) is 15.9 Å². The van der Waals surface area contributed by atoms with Crippen molar-refractivity contribution < 1.29 is 13.2 Å². The zero-order chi connectivity index (χ0) is 22.6. The van der Waals surface area contributed by atoms with Crippen molar-refractivity contribution in [3.8, 4) is 0 Å². The SMILES string of the molecule is CC(C)c1cccc(C(C)C)c1NC(=O)CCn1cc(S(=O)(=O)N(C)C)ccc1=O. The molecular weight excluding hydrogens is 402 g/mol. The standard InChI is InChI=1S/C22H31N3O4S/c1-15(2)18-8-7-9-19(16(3)4)22(18)23-20(26)12-13-25-14-17(10-11-21(25)27)30(28,29)24(5)6/h7-11,14-16H,12-13H2,1-6H3,(H,23,26). The van der Waals surface area contributed by atoms with Crippen molar-refractivity contribution in [1.29, 1.82) is 0 Å². The fourth-order valence-corrected chi connectivity index (χ4v) is 4.09. The average Bonchev–Trinajstić information content (AvgIpc) is 2.66. The highest BCUT2D eigenvalue weighted by Crippen LogP contribution is 2.32. The monoisotopic (exact) mass is 433 g/mol. The van der Waals surface area contributed by atoms with Gasteiger partial charge in [0, 0.05) is 45.0 Å². The second-order valence-electron chi connectivity index (χ2n) is 8.10. The van der Waals surface area contributed by atoms with E-state index >= 15 is 0 Å². The van der Waals surface area contributed by atoms with Crippen LogP contribution < -0.4 is 10.9 Å². The van der Waals surface area contributed by atoms with Crippen molar-refractivity contribution in [2.24, 2.45) is 0 Å². The van der Waals surface area contributed by atoms with Crippen LogP contribution in [0.5, 0.6) is 0 Å². The summed E-state index contributed by atoms with van der Waals surface area (Å²) < 4.78 is 27.0. The van der Waals surface area contributed by atoms with Crippen LogP contribution in [-0.2, 0) is 21.4 Å². The van der Waals surface area contributed by atoms with Crippen molar-refractivity contribution >= 4 is 21.6 Å². The van der Waals surface area contributed by atoms with Crippen molar-refractivity contribution in [2.75, 3.05) is 19.4 Å². The molecule has 1 aromatic heterocycles. The molecule has 0 saturated heterocycles. The molecule has 0 unspecified atom stereocenters. The van der Waals surface area contributed by atoms with Gasteiger partial charge >= 0.3 is 0 Å². The van der Waals surface area contributed by atoms with E-state index < -0.39 is 10.0 Å². The Hall–Kier alpha value is -2.45. The van der Waals surface area contributed by atoms with Gasteiger partial charge in [-0.2, -0.15) is 0 Å². The van der Waals surface area contributed by atoms with Gasteiger partial charge in [0.1, 0.15) is 0 Å². The molecule has 0 atom stereocenters. The Labute approximate surface area is 178 Å². The van der Waals surface area contributed by atoms with E-state index in [0.717, 1.165) is 21.1 Å². The Morgan fingerprint density at radius 1 is 1.03 bits per heavy atom. The van der Waals surface area contributed by atoms with Crippen molar-refractivity contribution in [3.63, 3.8) is 0 Å². The first-order valence-corrected chi connectivity index (χ1v) is 11.4. The molecule has 0 bridgehead atoms. The Bertz CT molecular complexity index is 1040. The number of hydrogen-bond acceptors (Lipinski definition) is 4. The normalized spacial score (nSPS) is 12.0. The maximum Gasteiger partial charge on any atom is 0.250 e. The number of benzene rings is 1. The molecule has 0 aliphatic carbocycles. The summed E-state index contributed by atoms with van der Waals surface area (Å²) in [6.45, 7) is 8.38. The van der Waals surface area contributed by atoms with Gasteiger partial charge in [-0.3, -0.25) is 9.59 Å². The predicted octanol–water partition coefficient (Wildman–Crippen LogP) is 3.37. The molecular formula is C22H31N3O4S. The predicted molar refractivity (Wildman–Crippen MR) is 119 cm³/mol. The van der Waals surface area contributed by atoms with Gasteiger partial charge < -0.3 is 9.88 Å². The minimum Gasteiger partial charge on any atom is -0.326 e. The average molecular weight is 434 g/mol. The van der Waals surface area contributed by atoms with Gasteiger partial charge in [-0.25, -0.2) is 12.7 Å². The van der Waals surface area contributed by atoms with E-state index in [2.05, 4.69) is 33.0 Å². The van der Waals surface area contributed by atoms with Gasteiger partial charge in [0.25, 0.3) is 5.56 Å². The van der Waals surface area contributed by atoms with Crippen molar-refractivity contribution in [2.45, 2.75) is 57.4 Å². The number of hydrogen-bond donors (Lipinski definition) is 1. The number of aryl methyl sites for hydroxylation is 1. The highest BCUT2D eigenvalue weighted by Gasteiger charge is 2.19. The highest BCUT2D eigenvalue weighted by molar-refractivity contribution is 7.89. The molecule has 164 valence electrons. The van der Waals surface area contributed by atoms with Gasteiger partial charge in [-0.1, -0.05) is 45.9 Å². The van der Waals surface area contributed by atoms with Crippen molar-refractivity contribution in [1.82, 2.24) is 8.87 Å². The Morgan fingerprint density at radius 2 is 1.60 bits per heavy atom. The number of anilines is 1. The lowest BCUT2D eigenvalue weighted by molar-refractivity contribution is -0.116. The Balaban J connectivity index is 2.23. The minimum absolute atomic E-state index is 0.0137. The summed E-state index contributed by atoms with van der Waals surface area (Å²) in [7, 11) is -0.806. The quantitative estimate of drug-likeness (QED) is 0.691. The molecule has 2 rings (SSSR count). The molecule has 0 radical (unpaired) electrons. The van der Waals surface area contributed by atoms with Crippen LogP contribution in [-0.4, -0.2) is 37.3 Å². The first kappa shape index (κ1) is 23.8. The maximum atomic E-state index is 12.7. The summed E-state index contributed by atoms with van der Waals surface area (Å²) >= 11 is 0. The lowest BCUT2D eigenvalue weighted by Crippen LogP contribution is -2.27. The van der Waals surface area contributed by atoms with Crippen LogP contribution in [0.2, 0.25) is 0 Å². The van der Waals surface area contributed by atoms with E-state index in [9.17, 15) is 18.0 Å². The zero-order valence-corrected chi connectivity index (χ0v) is 19.3. The topological polar surface area (TPSA) is 88.5 Å². The summed E-state index contributed by atoms with van der Waals surface area (Å²) in [4.78, 5) is 24.8. The number of rotatable bonds is 8. The van der Waals surface area contributed by atoms with Crippen LogP contribution in [0, 0.1) is 0 Å². The van der Waals surface area contributed by atoms with Crippen LogP contribution in [0.1, 0.15) is 57.1 Å². The third kappa shape index (κ3) is 5.37. The van der Waals surface area contributed by atoms with Crippen LogP contribution >= 0.6 is 0 Å². The fourth-order valence-electron chi connectivity index (χ4n) is 3.17. The molecule has 30 heavy (non-hydrogen) atoms. The molecule has 1 heterocycles. The number of carbonyl (C=O) groups excluding carboxylic acids is 1. The molecule has 0 aliphatic rings. The molecule has 7 nitrogen and oxygen atoms in total. The van der Waals surface area contributed by atoms with Gasteiger partial charge in [0.05, 0.1) is 4.90 Å². The number of nitrogens with one attached hydrogen (secondary N) is 1. The lowest BCUT2D eigenvalue weighted by Gasteiger charge is -2.20. The zero-order valence-electron chi connectivity index (χ0n) is 18.5. The smallest absolute Gasteiger partial charge is 0.250 e. The third-order valence-electron chi connectivity index (χ3n) is 4.95. The summed E-state index contributed by atoms with van der Waals surface area (Å²) in [6.07, 6.45) is 1.34. The number of nitrogens with zero attached hydrogens (tertiary/aromatic N) is 2. The number of aromatic nitrogens is 1. The third-order valence-corrected chi connectivity index (χ3v) is 6.75. The van der Waals surface area contributed by atoms with E-state index in [1.807, 2.05) is 18.2 Å². The second-order valence-corrected chi connectivity index (χ2v) is 10.3. The van der Waals surface area contributed by atoms with Crippen molar-refractivity contribution in [3.05, 3.63) is 58.0 Å². The summed E-state index contributed by atoms with van der Waals surface area (Å²) in [5.41, 5.74) is 2.59. The molecule has 8 heteroatoms. The van der Waals surface area contributed by atoms with E-state index in [1.165, 1.54) is 37.0 Å². The molecule has 0 saturated carbocycles. The first-order chi connectivity index (χ1) is 13.9. The Morgan fingerprint density at radius 3 is 2.10 bits per heavy atom. The molecule has 0 aliphatic heterocycles. The maximum absolute atomic E-state index is 12.7. The summed E-state index contributed by atoms with van der Waals surface area (Å²) in [5, 5.41) is 3.01. The lowest BCUT2D eigenvalue weighted by atomic mass is 9.92.